The maximum atomic E-state index is 10.4. The monoisotopic (exact) mass is 491 g/mol. The molecule has 2 aromatic carbocycles. The lowest BCUT2D eigenvalue weighted by Crippen LogP contribution is -2.45. The standard InChI is InChI=1S/C30H34BN5O/c31-26-19-33-36-29(17-27(34-30(26)36)25-10-4-5-11-28(25)37)32-18-21-7-6-16-35(20-21)24-14-12-23(13-15-24)22-8-2-1-3-9-22/h1-5,8-11,17,19,21,23-24,32,37H,6-7,12-16,18,20H2. The fraction of sp³-hybridized carbons (Fsp3) is 0.400. The first-order valence-corrected chi connectivity index (χ1v) is 13.6. The van der Waals surface area contributed by atoms with E-state index in [1.807, 2.05) is 24.3 Å². The van der Waals surface area contributed by atoms with Gasteiger partial charge in [-0.15, -0.1) is 0 Å². The summed E-state index contributed by atoms with van der Waals surface area (Å²) in [5.74, 6) is 2.34. The van der Waals surface area contributed by atoms with Crippen molar-refractivity contribution in [2.45, 2.75) is 50.5 Å². The SMILES string of the molecule is [B]c1cnn2c(NCC3CCCN(C4CCC(c5ccccc5)CC4)C3)cc(-c3ccccc3O)nc12. The zero-order chi connectivity index (χ0) is 25.2. The highest BCUT2D eigenvalue weighted by atomic mass is 16.3. The quantitative estimate of drug-likeness (QED) is 0.382. The van der Waals surface area contributed by atoms with Crippen molar-refractivity contribution in [3.05, 3.63) is 72.4 Å². The second-order valence-corrected chi connectivity index (χ2v) is 10.7. The number of phenols is 1. The molecule has 0 spiro atoms. The zero-order valence-corrected chi connectivity index (χ0v) is 21.3. The number of anilines is 1. The minimum Gasteiger partial charge on any atom is -0.507 e. The van der Waals surface area contributed by atoms with Gasteiger partial charge in [0.1, 0.15) is 19.4 Å². The fourth-order valence-electron chi connectivity index (χ4n) is 6.28. The number of phenolic OH excluding ortho intramolecular Hbond substituents is 1. The summed E-state index contributed by atoms with van der Waals surface area (Å²) < 4.78 is 1.77. The number of likely N-dealkylation sites (tertiary alicyclic amines) is 1. The van der Waals surface area contributed by atoms with Gasteiger partial charge in [0.05, 0.1) is 5.69 Å². The number of aromatic hydroxyl groups is 1. The molecule has 188 valence electrons. The van der Waals surface area contributed by atoms with Crippen LogP contribution in [0.4, 0.5) is 5.82 Å². The average molecular weight is 491 g/mol. The minimum absolute atomic E-state index is 0.202. The molecular formula is C30H34BN5O. The van der Waals surface area contributed by atoms with Crippen LogP contribution in [-0.2, 0) is 0 Å². The molecule has 0 bridgehead atoms. The lowest BCUT2D eigenvalue weighted by atomic mass is 9.80. The van der Waals surface area contributed by atoms with E-state index in [0.29, 0.717) is 40.2 Å². The number of fused-ring (bicyclic) bond motifs is 1. The Morgan fingerprint density at radius 3 is 2.57 bits per heavy atom. The van der Waals surface area contributed by atoms with Crippen LogP contribution >= 0.6 is 0 Å². The molecule has 7 heteroatoms. The highest BCUT2D eigenvalue weighted by Gasteiger charge is 2.30. The Balaban J connectivity index is 1.12. The van der Waals surface area contributed by atoms with Crippen LogP contribution in [0, 0.1) is 5.92 Å². The van der Waals surface area contributed by atoms with Gasteiger partial charge in [-0.2, -0.15) is 9.61 Å². The molecule has 2 radical (unpaired) electrons. The minimum atomic E-state index is 0.202. The molecule has 1 atom stereocenters. The highest BCUT2D eigenvalue weighted by molar-refractivity contribution is 6.36. The topological polar surface area (TPSA) is 65.7 Å². The first kappa shape index (κ1) is 24.0. The van der Waals surface area contributed by atoms with Crippen LogP contribution in [0.2, 0.25) is 0 Å². The normalized spacial score (nSPS) is 22.8. The van der Waals surface area contributed by atoms with E-state index in [9.17, 15) is 5.11 Å². The van der Waals surface area contributed by atoms with Crippen molar-refractivity contribution in [2.24, 2.45) is 5.92 Å². The molecular weight excluding hydrogens is 457 g/mol. The lowest BCUT2D eigenvalue weighted by Gasteiger charge is -2.41. The molecule has 1 aliphatic heterocycles. The zero-order valence-electron chi connectivity index (χ0n) is 21.3. The third kappa shape index (κ3) is 5.10. The Bertz CT molecular complexity index is 1350. The first-order valence-electron chi connectivity index (χ1n) is 13.6. The van der Waals surface area contributed by atoms with Crippen molar-refractivity contribution in [2.75, 3.05) is 25.0 Å². The number of nitrogens with one attached hydrogen (secondary N) is 1. The molecule has 6 rings (SSSR count). The van der Waals surface area contributed by atoms with E-state index in [4.69, 9.17) is 7.85 Å². The summed E-state index contributed by atoms with van der Waals surface area (Å²) in [5, 5.41) is 18.5. The predicted octanol–water partition coefficient (Wildman–Crippen LogP) is 4.75. The summed E-state index contributed by atoms with van der Waals surface area (Å²) in [6.07, 6.45) is 9.27. The maximum absolute atomic E-state index is 10.4. The number of nitrogens with zero attached hydrogens (tertiary/aromatic N) is 4. The molecule has 6 nitrogen and oxygen atoms in total. The van der Waals surface area contributed by atoms with Crippen molar-refractivity contribution < 1.29 is 5.11 Å². The second-order valence-electron chi connectivity index (χ2n) is 10.7. The summed E-state index contributed by atoms with van der Waals surface area (Å²) in [6, 6.07) is 21.0. The molecule has 4 aromatic rings. The Labute approximate surface area is 220 Å². The van der Waals surface area contributed by atoms with Crippen molar-refractivity contribution in [1.29, 1.82) is 0 Å². The molecule has 1 unspecified atom stereocenters. The van der Waals surface area contributed by atoms with Crippen LogP contribution in [0.1, 0.15) is 50.0 Å². The van der Waals surface area contributed by atoms with E-state index < -0.39 is 0 Å². The van der Waals surface area contributed by atoms with Gasteiger partial charge in [-0.3, -0.25) is 0 Å². The number of hydrogen-bond donors (Lipinski definition) is 2. The van der Waals surface area contributed by atoms with Gasteiger partial charge in [-0.05, 0) is 80.1 Å². The van der Waals surface area contributed by atoms with Crippen molar-refractivity contribution in [1.82, 2.24) is 19.5 Å². The van der Waals surface area contributed by atoms with E-state index in [1.165, 1.54) is 50.6 Å². The van der Waals surface area contributed by atoms with Gasteiger partial charge in [0.25, 0.3) is 0 Å². The number of para-hydroxylation sites is 1. The molecule has 2 aliphatic rings. The van der Waals surface area contributed by atoms with E-state index in [1.54, 1.807) is 16.8 Å². The van der Waals surface area contributed by atoms with Crippen LogP contribution in [0.15, 0.2) is 66.9 Å². The summed E-state index contributed by atoms with van der Waals surface area (Å²) in [4.78, 5) is 7.44. The Morgan fingerprint density at radius 1 is 0.973 bits per heavy atom. The second kappa shape index (κ2) is 10.6. The van der Waals surface area contributed by atoms with Gasteiger partial charge in [-0.25, -0.2) is 4.98 Å². The van der Waals surface area contributed by atoms with Gasteiger partial charge in [0.2, 0.25) is 0 Å². The summed E-state index contributed by atoms with van der Waals surface area (Å²) in [5.41, 5.74) is 4.00. The third-order valence-electron chi connectivity index (χ3n) is 8.29. The first-order chi connectivity index (χ1) is 18.2. The van der Waals surface area contributed by atoms with Crippen LogP contribution in [0.5, 0.6) is 5.75 Å². The van der Waals surface area contributed by atoms with Crippen LogP contribution in [0.3, 0.4) is 0 Å². The molecule has 2 fully saturated rings. The van der Waals surface area contributed by atoms with Crippen molar-refractivity contribution in [3.63, 3.8) is 0 Å². The molecule has 3 heterocycles. The van der Waals surface area contributed by atoms with E-state index >= 15 is 0 Å². The van der Waals surface area contributed by atoms with E-state index in [-0.39, 0.29) is 5.75 Å². The average Bonchev–Trinajstić information content (AvgIpc) is 3.33. The van der Waals surface area contributed by atoms with Gasteiger partial charge in [0, 0.05) is 37.0 Å². The summed E-state index contributed by atoms with van der Waals surface area (Å²) in [6.45, 7) is 3.22. The molecule has 37 heavy (non-hydrogen) atoms. The number of rotatable bonds is 6. The van der Waals surface area contributed by atoms with Crippen molar-refractivity contribution >= 4 is 24.8 Å². The maximum Gasteiger partial charge on any atom is 0.150 e. The van der Waals surface area contributed by atoms with Gasteiger partial charge in [0.15, 0.2) is 5.65 Å². The largest absolute Gasteiger partial charge is 0.507 e. The van der Waals surface area contributed by atoms with Crippen LogP contribution in [0.25, 0.3) is 16.9 Å². The molecule has 1 saturated carbocycles. The molecule has 2 aromatic heterocycles. The molecule has 2 N–H and O–H groups in total. The number of piperidine rings is 1. The molecule has 0 amide bonds. The van der Waals surface area contributed by atoms with Crippen LogP contribution in [-0.4, -0.2) is 58.1 Å². The molecule has 1 saturated heterocycles. The summed E-state index contributed by atoms with van der Waals surface area (Å²) in [7, 11) is 6.17. The van der Waals surface area contributed by atoms with Crippen LogP contribution < -0.4 is 10.8 Å². The Morgan fingerprint density at radius 2 is 1.76 bits per heavy atom. The fourth-order valence-corrected chi connectivity index (χ4v) is 6.28. The predicted molar refractivity (Wildman–Crippen MR) is 150 cm³/mol. The lowest BCUT2D eigenvalue weighted by molar-refractivity contribution is 0.0979. The highest BCUT2D eigenvalue weighted by Crippen LogP contribution is 2.36. The van der Waals surface area contributed by atoms with E-state index in [2.05, 4.69) is 50.6 Å². The Hall–Kier alpha value is -3.32. The van der Waals surface area contributed by atoms with Gasteiger partial charge in [-0.1, -0.05) is 42.5 Å². The third-order valence-corrected chi connectivity index (χ3v) is 8.29. The Kier molecular flexibility index (Phi) is 6.88. The van der Waals surface area contributed by atoms with Gasteiger partial charge < -0.3 is 15.3 Å². The van der Waals surface area contributed by atoms with E-state index in [0.717, 1.165) is 18.9 Å². The summed E-state index contributed by atoms with van der Waals surface area (Å²) >= 11 is 0. The van der Waals surface area contributed by atoms with Gasteiger partial charge >= 0.3 is 0 Å². The van der Waals surface area contributed by atoms with Crippen molar-refractivity contribution in [3.8, 4) is 17.0 Å². The number of hydrogen-bond acceptors (Lipinski definition) is 5. The number of benzene rings is 2. The smallest absolute Gasteiger partial charge is 0.150 e. The number of aromatic nitrogens is 3. The molecule has 1 aliphatic carbocycles.